The van der Waals surface area contributed by atoms with E-state index in [1.165, 1.54) is 0 Å². The number of sulfonamides is 1. The van der Waals surface area contributed by atoms with Crippen LogP contribution in [-0.4, -0.2) is 32.3 Å². The third kappa shape index (κ3) is 3.96. The van der Waals surface area contributed by atoms with Crippen LogP contribution in [0.1, 0.15) is 22.3 Å². The molecule has 2 N–H and O–H groups in total. The molecule has 0 aliphatic rings. The second kappa shape index (κ2) is 5.94. The molecular formula is C13H18F3NO3S. The monoisotopic (exact) mass is 325 g/mol. The number of halogens is 3. The minimum absolute atomic E-state index is 0.0330. The molecule has 1 rings (SSSR count). The van der Waals surface area contributed by atoms with E-state index in [4.69, 9.17) is 5.11 Å². The zero-order valence-corrected chi connectivity index (χ0v) is 13.0. The number of aliphatic hydroxyl groups excluding tert-OH is 1. The highest BCUT2D eigenvalue weighted by atomic mass is 32.2. The number of alkyl halides is 3. The Morgan fingerprint density at radius 3 is 1.95 bits per heavy atom. The maximum Gasteiger partial charge on any atom is 0.415 e. The van der Waals surface area contributed by atoms with Gasteiger partial charge in [0.15, 0.2) is 6.10 Å². The Bertz CT molecular complexity index is 613. The van der Waals surface area contributed by atoms with E-state index in [2.05, 4.69) is 0 Å². The highest BCUT2D eigenvalue weighted by molar-refractivity contribution is 7.89. The predicted octanol–water partition coefficient (Wildman–Crippen LogP) is 2.12. The minimum atomic E-state index is -4.87. The first-order valence-corrected chi connectivity index (χ1v) is 7.68. The van der Waals surface area contributed by atoms with Gasteiger partial charge < -0.3 is 5.11 Å². The Morgan fingerprint density at radius 2 is 1.57 bits per heavy atom. The van der Waals surface area contributed by atoms with Gasteiger partial charge in [-0.2, -0.15) is 13.2 Å². The maximum absolute atomic E-state index is 12.2. The molecule has 0 saturated carbocycles. The molecule has 1 aromatic rings. The van der Waals surface area contributed by atoms with Gasteiger partial charge in [-0.25, -0.2) is 13.1 Å². The lowest BCUT2D eigenvalue weighted by Crippen LogP contribution is -2.41. The van der Waals surface area contributed by atoms with Gasteiger partial charge in [-0.05, 0) is 49.9 Å². The molecule has 0 radical (unpaired) electrons. The molecule has 0 spiro atoms. The van der Waals surface area contributed by atoms with Crippen LogP contribution in [0.4, 0.5) is 13.2 Å². The smallest absolute Gasteiger partial charge is 0.382 e. The van der Waals surface area contributed by atoms with Gasteiger partial charge in [0, 0.05) is 6.54 Å². The number of rotatable bonds is 4. The summed E-state index contributed by atoms with van der Waals surface area (Å²) in [5.41, 5.74) is 2.42. The number of aryl methyl sites for hydroxylation is 2. The van der Waals surface area contributed by atoms with Crippen molar-refractivity contribution in [2.24, 2.45) is 0 Å². The van der Waals surface area contributed by atoms with E-state index < -0.39 is 28.8 Å². The third-order valence-electron chi connectivity index (χ3n) is 3.41. The Kier molecular flexibility index (Phi) is 5.07. The lowest BCUT2D eigenvalue weighted by molar-refractivity contribution is -0.200. The summed E-state index contributed by atoms with van der Waals surface area (Å²) in [4.78, 5) is -0.0330. The van der Waals surface area contributed by atoms with Crippen molar-refractivity contribution in [1.29, 1.82) is 0 Å². The normalized spacial score (nSPS) is 14.3. The molecule has 0 amide bonds. The first kappa shape index (κ1) is 17.9. The van der Waals surface area contributed by atoms with E-state index in [1.54, 1.807) is 27.7 Å². The van der Waals surface area contributed by atoms with Crippen LogP contribution in [0, 0.1) is 27.7 Å². The standard InChI is InChI=1S/C13H18F3NO3S/c1-7-5-8(2)10(4)12(9(7)3)21(19,20)17-6-11(18)13(14,15)16/h5,11,17-18H,6H2,1-4H3. The van der Waals surface area contributed by atoms with Crippen LogP contribution in [0.15, 0.2) is 11.0 Å². The summed E-state index contributed by atoms with van der Waals surface area (Å²) in [5, 5.41) is 8.89. The molecule has 1 atom stereocenters. The Labute approximate surface area is 122 Å². The lowest BCUT2D eigenvalue weighted by atomic mass is 10.0. The summed E-state index contributed by atoms with van der Waals surface area (Å²) in [6.07, 6.45) is -7.60. The van der Waals surface area contributed by atoms with E-state index in [0.717, 1.165) is 11.1 Å². The molecule has 4 nitrogen and oxygen atoms in total. The second-order valence-corrected chi connectivity index (χ2v) is 6.70. The van der Waals surface area contributed by atoms with Gasteiger partial charge >= 0.3 is 6.18 Å². The van der Waals surface area contributed by atoms with Crippen molar-refractivity contribution in [1.82, 2.24) is 4.72 Å². The van der Waals surface area contributed by atoms with Crippen LogP contribution in [0.3, 0.4) is 0 Å². The highest BCUT2D eigenvalue weighted by Gasteiger charge is 2.39. The molecule has 1 unspecified atom stereocenters. The molecule has 21 heavy (non-hydrogen) atoms. The van der Waals surface area contributed by atoms with Gasteiger partial charge in [-0.15, -0.1) is 0 Å². The van der Waals surface area contributed by atoms with Crippen molar-refractivity contribution in [2.75, 3.05) is 6.54 Å². The first-order chi connectivity index (χ1) is 9.38. The quantitative estimate of drug-likeness (QED) is 0.891. The van der Waals surface area contributed by atoms with Gasteiger partial charge in [-0.1, -0.05) is 6.07 Å². The molecule has 8 heteroatoms. The molecule has 0 saturated heterocycles. The summed E-state index contributed by atoms with van der Waals surface area (Å²) >= 11 is 0. The topological polar surface area (TPSA) is 66.4 Å². The van der Waals surface area contributed by atoms with Crippen molar-refractivity contribution in [3.8, 4) is 0 Å². The number of hydrogen-bond acceptors (Lipinski definition) is 3. The van der Waals surface area contributed by atoms with Crippen molar-refractivity contribution >= 4 is 10.0 Å². The van der Waals surface area contributed by atoms with Crippen LogP contribution in [0.5, 0.6) is 0 Å². The van der Waals surface area contributed by atoms with Gasteiger partial charge in [0.2, 0.25) is 10.0 Å². The minimum Gasteiger partial charge on any atom is -0.382 e. The van der Waals surface area contributed by atoms with E-state index in [1.807, 2.05) is 10.8 Å². The lowest BCUT2D eigenvalue weighted by Gasteiger charge is -2.18. The maximum atomic E-state index is 12.2. The molecule has 0 bridgehead atoms. The molecule has 120 valence electrons. The molecule has 0 aromatic heterocycles. The number of benzene rings is 1. The van der Waals surface area contributed by atoms with Crippen LogP contribution < -0.4 is 4.72 Å². The van der Waals surface area contributed by atoms with E-state index in [-0.39, 0.29) is 4.90 Å². The number of aliphatic hydroxyl groups is 1. The molecule has 0 aliphatic carbocycles. The van der Waals surface area contributed by atoms with E-state index in [0.29, 0.717) is 11.1 Å². The highest BCUT2D eigenvalue weighted by Crippen LogP contribution is 2.26. The zero-order valence-electron chi connectivity index (χ0n) is 12.2. The van der Waals surface area contributed by atoms with Crippen molar-refractivity contribution in [3.05, 3.63) is 28.3 Å². The molecule has 0 heterocycles. The van der Waals surface area contributed by atoms with Crippen LogP contribution >= 0.6 is 0 Å². The van der Waals surface area contributed by atoms with Gasteiger partial charge in [-0.3, -0.25) is 0 Å². The van der Waals surface area contributed by atoms with E-state index in [9.17, 15) is 21.6 Å². The Balaban J connectivity index is 3.16. The molecule has 0 aliphatic heterocycles. The van der Waals surface area contributed by atoms with Crippen molar-refractivity contribution in [2.45, 2.75) is 44.9 Å². The fraction of sp³-hybridized carbons (Fsp3) is 0.538. The first-order valence-electron chi connectivity index (χ1n) is 6.19. The predicted molar refractivity (Wildman–Crippen MR) is 72.6 cm³/mol. The number of nitrogens with one attached hydrogen (secondary N) is 1. The zero-order chi connectivity index (χ0) is 16.6. The second-order valence-electron chi connectivity index (χ2n) is 5.00. The summed E-state index contributed by atoms with van der Waals surface area (Å²) in [6.45, 7) is 5.53. The summed E-state index contributed by atoms with van der Waals surface area (Å²) in [6, 6.07) is 1.81. The summed E-state index contributed by atoms with van der Waals surface area (Å²) in [5.74, 6) is 0. The fourth-order valence-electron chi connectivity index (χ4n) is 1.96. The van der Waals surface area contributed by atoms with Crippen molar-refractivity contribution < 1.29 is 26.7 Å². The van der Waals surface area contributed by atoms with Crippen LogP contribution in [-0.2, 0) is 10.0 Å². The van der Waals surface area contributed by atoms with E-state index >= 15 is 0 Å². The summed E-state index contributed by atoms with van der Waals surface area (Å²) in [7, 11) is -4.13. The van der Waals surface area contributed by atoms with Crippen LogP contribution in [0.2, 0.25) is 0 Å². The Morgan fingerprint density at radius 1 is 1.14 bits per heavy atom. The summed E-state index contributed by atoms with van der Waals surface area (Å²) < 4.78 is 62.9. The van der Waals surface area contributed by atoms with Gasteiger partial charge in [0.05, 0.1) is 4.90 Å². The molecule has 1 aromatic carbocycles. The molecular weight excluding hydrogens is 307 g/mol. The largest absolute Gasteiger partial charge is 0.415 e. The van der Waals surface area contributed by atoms with Gasteiger partial charge in [0.1, 0.15) is 0 Å². The average Bonchev–Trinajstić information content (AvgIpc) is 2.32. The SMILES string of the molecule is Cc1cc(C)c(C)c(S(=O)(=O)NCC(O)C(F)(F)F)c1C. The Hall–Kier alpha value is -1.12. The number of hydrogen-bond donors (Lipinski definition) is 2. The third-order valence-corrected chi connectivity index (χ3v) is 5.11. The van der Waals surface area contributed by atoms with Crippen LogP contribution in [0.25, 0.3) is 0 Å². The fourth-order valence-corrected chi connectivity index (χ4v) is 3.61. The molecule has 0 fully saturated rings. The van der Waals surface area contributed by atoms with Crippen molar-refractivity contribution in [3.63, 3.8) is 0 Å². The average molecular weight is 325 g/mol. The van der Waals surface area contributed by atoms with Gasteiger partial charge in [0.25, 0.3) is 0 Å².